The number of aryl methyl sites for hydroxylation is 1. The van der Waals surface area contributed by atoms with E-state index in [2.05, 4.69) is 35.1 Å². The minimum absolute atomic E-state index is 0.0636. The number of fused-ring (bicyclic) bond motifs is 2. The molecule has 3 aliphatic rings. The third-order valence-electron chi connectivity index (χ3n) is 4.90. The SMILES string of the molecule is Cc1ccc2c(c1)N=C(Cn1ccc3nc(-c4cccc(F)c4F)nc-3c1)C2. The lowest BCUT2D eigenvalue weighted by Gasteiger charge is -2.07. The highest BCUT2D eigenvalue weighted by atomic mass is 19.2. The standard InChI is InChI=1S/C22H16F2N4/c1-13-5-6-14-10-15(25-19(14)9-13)11-28-8-7-18-20(12-28)27-22(26-18)16-3-2-4-17(23)21(16)24/h2-9,12H,10-11H2,1H3. The first-order valence-corrected chi connectivity index (χ1v) is 9.01. The number of aliphatic imine (C=N–C) groups is 1. The molecule has 0 atom stereocenters. The molecule has 2 aromatic rings. The quantitative estimate of drug-likeness (QED) is 0.508. The van der Waals surface area contributed by atoms with Gasteiger partial charge in [0, 0.05) is 24.5 Å². The fourth-order valence-corrected chi connectivity index (χ4v) is 3.51. The minimum atomic E-state index is -0.931. The normalized spacial score (nSPS) is 13.0. The summed E-state index contributed by atoms with van der Waals surface area (Å²) in [5.74, 6) is -1.65. The van der Waals surface area contributed by atoms with Gasteiger partial charge < -0.3 is 4.57 Å². The second-order valence-electron chi connectivity index (χ2n) is 7.02. The number of hydrogen-bond donors (Lipinski definition) is 0. The Morgan fingerprint density at radius 3 is 2.79 bits per heavy atom. The van der Waals surface area contributed by atoms with Crippen molar-refractivity contribution in [2.24, 2.45) is 4.99 Å². The summed E-state index contributed by atoms with van der Waals surface area (Å²) in [5, 5.41) is 0. The summed E-state index contributed by atoms with van der Waals surface area (Å²) >= 11 is 0. The molecule has 6 heteroatoms. The van der Waals surface area contributed by atoms with Crippen LogP contribution in [0.15, 0.2) is 59.9 Å². The summed E-state index contributed by atoms with van der Waals surface area (Å²) in [6.07, 6.45) is 4.59. The van der Waals surface area contributed by atoms with Gasteiger partial charge in [0.15, 0.2) is 17.5 Å². The zero-order valence-corrected chi connectivity index (χ0v) is 15.2. The zero-order valence-electron chi connectivity index (χ0n) is 15.2. The third kappa shape index (κ3) is 2.87. The number of rotatable bonds is 3. The van der Waals surface area contributed by atoms with Gasteiger partial charge in [-0.25, -0.2) is 18.7 Å². The summed E-state index contributed by atoms with van der Waals surface area (Å²) in [7, 11) is 0. The molecule has 0 radical (unpaired) electrons. The summed E-state index contributed by atoms with van der Waals surface area (Å²) in [6, 6.07) is 12.2. The molecule has 2 aromatic carbocycles. The highest BCUT2D eigenvalue weighted by molar-refractivity contribution is 5.94. The highest BCUT2D eigenvalue weighted by Gasteiger charge is 2.19. The van der Waals surface area contributed by atoms with Gasteiger partial charge in [0.2, 0.25) is 0 Å². The van der Waals surface area contributed by atoms with E-state index >= 15 is 0 Å². The molecule has 3 heterocycles. The number of halogens is 2. The van der Waals surface area contributed by atoms with Crippen molar-refractivity contribution in [1.29, 1.82) is 0 Å². The van der Waals surface area contributed by atoms with E-state index in [9.17, 15) is 8.78 Å². The number of benzene rings is 2. The van der Waals surface area contributed by atoms with Crippen LogP contribution in [0.25, 0.3) is 22.8 Å². The second-order valence-corrected chi connectivity index (χ2v) is 7.02. The van der Waals surface area contributed by atoms with Crippen molar-refractivity contribution in [3.05, 3.63) is 77.6 Å². The van der Waals surface area contributed by atoms with Crippen LogP contribution in [0, 0.1) is 18.6 Å². The molecule has 138 valence electrons. The molecule has 0 fully saturated rings. The van der Waals surface area contributed by atoms with E-state index in [4.69, 9.17) is 4.99 Å². The largest absolute Gasteiger partial charge is 0.346 e. The second kappa shape index (κ2) is 6.34. The van der Waals surface area contributed by atoms with Gasteiger partial charge in [-0.15, -0.1) is 0 Å². The summed E-state index contributed by atoms with van der Waals surface area (Å²) in [5.41, 5.74) is 5.87. The molecule has 3 aliphatic heterocycles. The van der Waals surface area contributed by atoms with E-state index < -0.39 is 11.6 Å². The van der Waals surface area contributed by atoms with Crippen LogP contribution >= 0.6 is 0 Å². The van der Waals surface area contributed by atoms with Gasteiger partial charge in [0.1, 0.15) is 5.69 Å². The average molecular weight is 374 g/mol. The van der Waals surface area contributed by atoms with E-state index in [1.54, 1.807) is 0 Å². The minimum Gasteiger partial charge on any atom is -0.346 e. The topological polar surface area (TPSA) is 43.1 Å². The number of hydrogen-bond acceptors (Lipinski definition) is 3. The van der Waals surface area contributed by atoms with E-state index in [-0.39, 0.29) is 11.4 Å². The maximum atomic E-state index is 14.0. The Morgan fingerprint density at radius 1 is 1.04 bits per heavy atom. The van der Waals surface area contributed by atoms with Crippen molar-refractivity contribution >= 4 is 11.4 Å². The molecule has 0 unspecified atom stereocenters. The van der Waals surface area contributed by atoms with Crippen LogP contribution in [0.5, 0.6) is 0 Å². The summed E-state index contributed by atoms with van der Waals surface area (Å²) in [6.45, 7) is 2.70. The fraction of sp³-hybridized carbons (Fsp3) is 0.136. The number of imidazole rings is 1. The Kier molecular flexibility index (Phi) is 3.79. The van der Waals surface area contributed by atoms with Gasteiger partial charge in [-0.1, -0.05) is 18.2 Å². The molecule has 0 saturated carbocycles. The van der Waals surface area contributed by atoms with Crippen molar-refractivity contribution in [3.8, 4) is 22.8 Å². The predicted molar refractivity (Wildman–Crippen MR) is 104 cm³/mol. The van der Waals surface area contributed by atoms with Crippen LogP contribution in [0.1, 0.15) is 11.1 Å². The molecular formula is C22H16F2N4. The van der Waals surface area contributed by atoms with E-state index in [1.807, 2.05) is 23.0 Å². The smallest absolute Gasteiger partial charge is 0.169 e. The lowest BCUT2D eigenvalue weighted by atomic mass is 10.1. The first-order valence-electron chi connectivity index (χ1n) is 9.01. The Hall–Kier alpha value is -3.41. The van der Waals surface area contributed by atoms with Crippen LogP contribution in [0.2, 0.25) is 0 Å². The first-order chi connectivity index (χ1) is 13.6. The van der Waals surface area contributed by atoms with Gasteiger partial charge in [0.05, 0.1) is 23.5 Å². The van der Waals surface area contributed by atoms with E-state index in [1.165, 1.54) is 23.3 Å². The van der Waals surface area contributed by atoms with Crippen LogP contribution in [0.3, 0.4) is 0 Å². The Labute approximate surface area is 160 Å². The van der Waals surface area contributed by atoms with Crippen molar-refractivity contribution in [2.75, 3.05) is 0 Å². The number of pyridine rings is 1. The molecule has 0 N–H and O–H groups in total. The monoisotopic (exact) mass is 374 g/mol. The Balaban J connectivity index is 1.44. The molecule has 0 spiro atoms. The first kappa shape index (κ1) is 16.7. The van der Waals surface area contributed by atoms with Gasteiger partial charge in [-0.2, -0.15) is 0 Å². The maximum absolute atomic E-state index is 14.0. The van der Waals surface area contributed by atoms with Gasteiger partial charge in [-0.3, -0.25) is 4.99 Å². The molecule has 4 nitrogen and oxygen atoms in total. The average Bonchev–Trinajstić information content (AvgIpc) is 3.26. The molecule has 28 heavy (non-hydrogen) atoms. The van der Waals surface area contributed by atoms with Crippen LogP contribution in [-0.4, -0.2) is 20.2 Å². The molecule has 0 saturated heterocycles. The molecule has 0 aliphatic carbocycles. The lowest BCUT2D eigenvalue weighted by Crippen LogP contribution is -2.10. The van der Waals surface area contributed by atoms with Gasteiger partial charge in [0.25, 0.3) is 0 Å². The number of nitrogens with zero attached hydrogens (tertiary/aromatic N) is 4. The van der Waals surface area contributed by atoms with Crippen molar-refractivity contribution < 1.29 is 8.78 Å². The van der Waals surface area contributed by atoms with Crippen molar-refractivity contribution in [2.45, 2.75) is 19.9 Å². The van der Waals surface area contributed by atoms with Crippen LogP contribution < -0.4 is 0 Å². The summed E-state index contributed by atoms with van der Waals surface area (Å²) < 4.78 is 29.5. The predicted octanol–water partition coefficient (Wildman–Crippen LogP) is 4.97. The molecule has 0 bridgehead atoms. The van der Waals surface area contributed by atoms with Gasteiger partial charge >= 0.3 is 0 Å². The maximum Gasteiger partial charge on any atom is 0.169 e. The molecule has 0 amide bonds. The zero-order chi connectivity index (χ0) is 19.3. The van der Waals surface area contributed by atoms with E-state index in [0.29, 0.717) is 17.9 Å². The van der Waals surface area contributed by atoms with Crippen molar-refractivity contribution in [1.82, 2.24) is 14.5 Å². The summed E-state index contributed by atoms with van der Waals surface area (Å²) in [4.78, 5) is 13.5. The van der Waals surface area contributed by atoms with Crippen molar-refractivity contribution in [3.63, 3.8) is 0 Å². The number of aromatic nitrogens is 3. The third-order valence-corrected chi connectivity index (χ3v) is 4.90. The molecule has 5 rings (SSSR count). The Morgan fingerprint density at radius 2 is 1.89 bits per heavy atom. The Bertz CT molecular complexity index is 1210. The lowest BCUT2D eigenvalue weighted by molar-refractivity contribution is 0.510. The fourth-order valence-electron chi connectivity index (χ4n) is 3.51. The van der Waals surface area contributed by atoms with E-state index in [0.717, 1.165) is 23.9 Å². The molecular weight excluding hydrogens is 358 g/mol. The highest BCUT2D eigenvalue weighted by Crippen LogP contribution is 2.29. The molecule has 0 aromatic heterocycles. The van der Waals surface area contributed by atoms with Crippen LogP contribution in [0.4, 0.5) is 14.5 Å². The van der Waals surface area contributed by atoms with Crippen LogP contribution in [-0.2, 0) is 13.0 Å². The van der Waals surface area contributed by atoms with Gasteiger partial charge in [-0.05, 0) is 42.3 Å².